The number of rotatable bonds is 5. The van der Waals surface area contributed by atoms with Crippen molar-refractivity contribution in [1.82, 2.24) is 4.90 Å². The molecule has 1 N–H and O–H groups in total. The van der Waals surface area contributed by atoms with E-state index in [4.69, 9.17) is 5.41 Å². The molecule has 1 aromatic carbocycles. The number of likely N-dealkylation sites (tertiary alicyclic amines) is 1. The van der Waals surface area contributed by atoms with Crippen molar-refractivity contribution >= 4 is 5.71 Å². The van der Waals surface area contributed by atoms with Crippen molar-refractivity contribution in [2.45, 2.75) is 45.1 Å². The number of piperidine rings is 1. The average molecular weight is 244 g/mol. The van der Waals surface area contributed by atoms with Gasteiger partial charge in [-0.25, -0.2) is 0 Å². The first-order valence-electron chi connectivity index (χ1n) is 7.10. The highest BCUT2D eigenvalue weighted by Gasteiger charge is 2.17. The second-order valence-corrected chi connectivity index (χ2v) is 5.42. The maximum Gasteiger partial charge on any atom is 0.0148 e. The predicted octanol–water partition coefficient (Wildman–Crippen LogP) is 3.51. The van der Waals surface area contributed by atoms with E-state index in [9.17, 15) is 0 Å². The van der Waals surface area contributed by atoms with Gasteiger partial charge in [0.2, 0.25) is 0 Å². The van der Waals surface area contributed by atoms with Crippen LogP contribution in [0.15, 0.2) is 30.3 Å². The van der Waals surface area contributed by atoms with Gasteiger partial charge in [-0.2, -0.15) is 0 Å². The molecule has 0 amide bonds. The second-order valence-electron chi connectivity index (χ2n) is 5.42. The molecule has 2 heteroatoms. The van der Waals surface area contributed by atoms with Crippen molar-refractivity contribution in [3.05, 3.63) is 35.9 Å². The molecule has 0 aliphatic carbocycles. The van der Waals surface area contributed by atoms with Crippen molar-refractivity contribution in [2.75, 3.05) is 13.1 Å². The number of nitrogens with zero attached hydrogens (tertiary/aromatic N) is 1. The summed E-state index contributed by atoms with van der Waals surface area (Å²) in [5, 5.41) is 8.15. The summed E-state index contributed by atoms with van der Waals surface area (Å²) in [4.78, 5) is 2.54. The molecule has 2 rings (SSSR count). The Morgan fingerprint density at radius 2 is 1.83 bits per heavy atom. The van der Waals surface area contributed by atoms with Crippen molar-refractivity contribution < 1.29 is 0 Å². The molecule has 1 unspecified atom stereocenters. The quantitative estimate of drug-likeness (QED) is 0.788. The van der Waals surface area contributed by atoms with Gasteiger partial charge in [0.1, 0.15) is 0 Å². The lowest BCUT2D eigenvalue weighted by atomic mass is 10.0. The van der Waals surface area contributed by atoms with E-state index in [-0.39, 0.29) is 0 Å². The van der Waals surface area contributed by atoms with E-state index in [0.29, 0.717) is 6.04 Å². The molecule has 1 fully saturated rings. The van der Waals surface area contributed by atoms with Crippen LogP contribution in [-0.4, -0.2) is 29.7 Å². The molecule has 1 aliphatic rings. The molecule has 0 radical (unpaired) electrons. The summed E-state index contributed by atoms with van der Waals surface area (Å²) >= 11 is 0. The molecule has 0 aromatic heterocycles. The molecule has 0 saturated carbocycles. The third-order valence-corrected chi connectivity index (χ3v) is 3.82. The minimum atomic E-state index is 0.529. The maximum atomic E-state index is 8.15. The highest BCUT2D eigenvalue weighted by molar-refractivity contribution is 5.84. The Bertz CT molecular complexity index is 366. The fourth-order valence-corrected chi connectivity index (χ4v) is 2.76. The Morgan fingerprint density at radius 3 is 2.50 bits per heavy atom. The molecule has 0 spiro atoms. The lowest BCUT2D eigenvalue weighted by Gasteiger charge is -2.32. The van der Waals surface area contributed by atoms with E-state index in [1.54, 1.807) is 0 Å². The molecule has 1 heterocycles. The monoisotopic (exact) mass is 244 g/mol. The number of hydrogen-bond donors (Lipinski definition) is 1. The first kappa shape index (κ1) is 13.3. The summed E-state index contributed by atoms with van der Waals surface area (Å²) < 4.78 is 0. The molecule has 1 aliphatic heterocycles. The minimum absolute atomic E-state index is 0.529. The Balaban J connectivity index is 1.79. The fraction of sp³-hybridized carbons (Fsp3) is 0.562. The summed E-state index contributed by atoms with van der Waals surface area (Å²) in [6.07, 6.45) is 5.76. The smallest absolute Gasteiger partial charge is 0.0148 e. The van der Waals surface area contributed by atoms with E-state index in [1.807, 2.05) is 6.07 Å². The topological polar surface area (TPSA) is 27.1 Å². The summed E-state index contributed by atoms with van der Waals surface area (Å²) in [7, 11) is 0. The Morgan fingerprint density at radius 1 is 1.17 bits per heavy atom. The van der Waals surface area contributed by atoms with Crippen LogP contribution in [0, 0.1) is 5.41 Å². The summed E-state index contributed by atoms with van der Waals surface area (Å²) in [5.41, 5.74) is 2.12. The number of benzene rings is 1. The van der Waals surface area contributed by atoms with Crippen LogP contribution < -0.4 is 0 Å². The normalized spacial score (nSPS) is 18.5. The highest BCUT2D eigenvalue weighted by atomic mass is 15.1. The lowest BCUT2D eigenvalue weighted by molar-refractivity contribution is 0.177. The van der Waals surface area contributed by atoms with E-state index < -0.39 is 0 Å². The van der Waals surface area contributed by atoms with Crippen LogP contribution in [0.1, 0.15) is 38.2 Å². The fourth-order valence-electron chi connectivity index (χ4n) is 2.76. The van der Waals surface area contributed by atoms with E-state index in [2.05, 4.69) is 36.1 Å². The van der Waals surface area contributed by atoms with Gasteiger partial charge in [-0.15, -0.1) is 0 Å². The molecule has 98 valence electrons. The highest BCUT2D eigenvalue weighted by Crippen LogP contribution is 2.15. The van der Waals surface area contributed by atoms with Gasteiger partial charge in [0.15, 0.2) is 0 Å². The SMILES string of the molecule is CC(CC(=N)Cc1ccccc1)N1CCCCC1. The van der Waals surface area contributed by atoms with Crippen molar-refractivity contribution in [3.63, 3.8) is 0 Å². The van der Waals surface area contributed by atoms with Gasteiger partial charge in [-0.05, 0) is 38.4 Å². The zero-order valence-corrected chi connectivity index (χ0v) is 11.4. The second kappa shape index (κ2) is 6.69. The molecule has 2 nitrogen and oxygen atoms in total. The van der Waals surface area contributed by atoms with Gasteiger partial charge < -0.3 is 10.3 Å². The third kappa shape index (κ3) is 3.95. The van der Waals surface area contributed by atoms with Gasteiger partial charge in [0, 0.05) is 24.6 Å². The van der Waals surface area contributed by atoms with Crippen LogP contribution >= 0.6 is 0 Å². The van der Waals surface area contributed by atoms with Gasteiger partial charge >= 0.3 is 0 Å². The number of nitrogens with one attached hydrogen (secondary N) is 1. The third-order valence-electron chi connectivity index (χ3n) is 3.82. The first-order chi connectivity index (χ1) is 8.75. The van der Waals surface area contributed by atoms with Crippen LogP contribution in [-0.2, 0) is 6.42 Å². The van der Waals surface area contributed by atoms with E-state index in [0.717, 1.165) is 18.6 Å². The molecule has 18 heavy (non-hydrogen) atoms. The lowest BCUT2D eigenvalue weighted by Crippen LogP contribution is -2.38. The average Bonchev–Trinajstić information content (AvgIpc) is 2.40. The number of hydrogen-bond acceptors (Lipinski definition) is 2. The predicted molar refractivity (Wildman–Crippen MR) is 77.4 cm³/mol. The minimum Gasteiger partial charge on any atom is -0.309 e. The van der Waals surface area contributed by atoms with Crippen LogP contribution in [0.2, 0.25) is 0 Å². The van der Waals surface area contributed by atoms with Crippen LogP contribution in [0.5, 0.6) is 0 Å². The molecule has 1 atom stereocenters. The van der Waals surface area contributed by atoms with Crippen LogP contribution in [0.3, 0.4) is 0 Å². The van der Waals surface area contributed by atoms with E-state index >= 15 is 0 Å². The summed E-state index contributed by atoms with van der Waals surface area (Å²) in [6.45, 7) is 4.71. The molecule has 0 bridgehead atoms. The maximum absolute atomic E-state index is 8.15. The molecule has 1 saturated heterocycles. The van der Waals surface area contributed by atoms with Gasteiger partial charge in [-0.1, -0.05) is 36.8 Å². The standard InChI is InChI=1S/C16H24N2/c1-14(18-10-6-3-7-11-18)12-16(17)13-15-8-4-2-5-9-15/h2,4-5,8-9,14,17H,3,6-7,10-13H2,1H3. The molecular formula is C16H24N2. The summed E-state index contributed by atoms with van der Waals surface area (Å²) in [5.74, 6) is 0. The van der Waals surface area contributed by atoms with Gasteiger partial charge in [0.25, 0.3) is 0 Å². The Hall–Kier alpha value is -1.15. The van der Waals surface area contributed by atoms with Crippen molar-refractivity contribution in [2.24, 2.45) is 0 Å². The zero-order chi connectivity index (χ0) is 12.8. The molecule has 1 aromatic rings. The summed E-state index contributed by atoms with van der Waals surface area (Å²) in [6, 6.07) is 10.9. The zero-order valence-electron chi connectivity index (χ0n) is 11.4. The van der Waals surface area contributed by atoms with Crippen LogP contribution in [0.4, 0.5) is 0 Å². The van der Waals surface area contributed by atoms with Crippen molar-refractivity contribution in [3.8, 4) is 0 Å². The Kier molecular flexibility index (Phi) is 4.94. The Labute approximate surface area is 111 Å². The largest absolute Gasteiger partial charge is 0.309 e. The van der Waals surface area contributed by atoms with Crippen molar-refractivity contribution in [1.29, 1.82) is 5.41 Å². The van der Waals surface area contributed by atoms with E-state index in [1.165, 1.54) is 37.9 Å². The van der Waals surface area contributed by atoms with Crippen LogP contribution in [0.25, 0.3) is 0 Å². The van der Waals surface area contributed by atoms with Gasteiger partial charge in [-0.3, -0.25) is 0 Å². The van der Waals surface area contributed by atoms with Gasteiger partial charge in [0.05, 0.1) is 0 Å². The first-order valence-corrected chi connectivity index (χ1v) is 7.10. The molecular weight excluding hydrogens is 220 g/mol.